The fourth-order valence-corrected chi connectivity index (χ4v) is 2.31. The minimum atomic E-state index is 0.137. The summed E-state index contributed by atoms with van der Waals surface area (Å²) >= 11 is 1.73. The van der Waals surface area contributed by atoms with Gasteiger partial charge < -0.3 is 11.1 Å². The highest BCUT2D eigenvalue weighted by Crippen LogP contribution is 2.25. The molecule has 0 saturated carbocycles. The van der Waals surface area contributed by atoms with Crippen molar-refractivity contribution in [1.29, 1.82) is 0 Å². The number of rotatable bonds is 5. The number of nitrogens with two attached hydrogens (primary N) is 1. The third kappa shape index (κ3) is 5.04. The van der Waals surface area contributed by atoms with Gasteiger partial charge in [0.2, 0.25) is 0 Å². The van der Waals surface area contributed by atoms with Crippen molar-refractivity contribution in [3.63, 3.8) is 0 Å². The Morgan fingerprint density at radius 1 is 1.50 bits per heavy atom. The van der Waals surface area contributed by atoms with Gasteiger partial charge in [-0.15, -0.1) is 11.3 Å². The Morgan fingerprint density at radius 3 is 2.78 bits per heavy atom. The zero-order valence-electron chi connectivity index (χ0n) is 11.8. The van der Waals surface area contributed by atoms with Gasteiger partial charge in [-0.1, -0.05) is 27.7 Å². The maximum Gasteiger partial charge on any atom is 0.188 e. The first-order chi connectivity index (χ1) is 8.43. The summed E-state index contributed by atoms with van der Waals surface area (Å²) in [4.78, 5) is 8.82. The van der Waals surface area contributed by atoms with E-state index in [0.717, 1.165) is 31.6 Å². The molecule has 0 atom stereocenters. The van der Waals surface area contributed by atoms with Crippen LogP contribution in [0, 0.1) is 0 Å². The number of nitrogens with zero attached hydrogens (tertiary/aromatic N) is 2. The number of hydrogen-bond donors (Lipinski definition) is 2. The molecule has 4 nitrogen and oxygen atoms in total. The molecule has 0 saturated heterocycles. The summed E-state index contributed by atoms with van der Waals surface area (Å²) in [6.07, 6.45) is 1.90. The molecular weight excluding hydrogens is 244 g/mol. The lowest BCUT2D eigenvalue weighted by Crippen LogP contribution is -2.33. The number of thiazole rings is 1. The van der Waals surface area contributed by atoms with Gasteiger partial charge in [0.05, 0.1) is 10.7 Å². The normalized spacial score (nSPS) is 12.8. The topological polar surface area (TPSA) is 63.3 Å². The summed E-state index contributed by atoms with van der Waals surface area (Å²) in [7, 11) is 0. The molecule has 18 heavy (non-hydrogen) atoms. The Hall–Kier alpha value is -1.10. The van der Waals surface area contributed by atoms with Crippen LogP contribution in [0.25, 0.3) is 0 Å². The second-order valence-corrected chi connectivity index (χ2v) is 6.20. The second-order valence-electron chi connectivity index (χ2n) is 5.34. The highest BCUT2D eigenvalue weighted by Gasteiger charge is 2.17. The summed E-state index contributed by atoms with van der Waals surface area (Å²) in [5, 5.41) is 6.42. The van der Waals surface area contributed by atoms with Gasteiger partial charge in [0, 0.05) is 30.3 Å². The molecule has 0 radical (unpaired) electrons. The van der Waals surface area contributed by atoms with E-state index in [2.05, 4.69) is 48.4 Å². The smallest absolute Gasteiger partial charge is 0.188 e. The van der Waals surface area contributed by atoms with Crippen LogP contribution in [-0.2, 0) is 11.8 Å². The maximum atomic E-state index is 5.72. The summed E-state index contributed by atoms with van der Waals surface area (Å²) in [5.41, 5.74) is 6.98. The van der Waals surface area contributed by atoms with E-state index in [4.69, 9.17) is 5.73 Å². The van der Waals surface area contributed by atoms with Crippen LogP contribution in [0.4, 0.5) is 0 Å². The highest BCUT2D eigenvalue weighted by atomic mass is 32.1. The Morgan fingerprint density at radius 2 is 2.22 bits per heavy atom. The van der Waals surface area contributed by atoms with E-state index in [1.807, 2.05) is 0 Å². The molecule has 0 aliphatic carbocycles. The average molecular weight is 268 g/mol. The summed E-state index contributed by atoms with van der Waals surface area (Å²) in [5.74, 6) is 0.531. The molecule has 0 fully saturated rings. The molecule has 1 aromatic rings. The van der Waals surface area contributed by atoms with Gasteiger partial charge in [0.25, 0.3) is 0 Å². The van der Waals surface area contributed by atoms with Crippen LogP contribution in [0.2, 0.25) is 0 Å². The molecule has 0 unspecified atom stereocenters. The molecule has 5 heteroatoms. The first-order valence-corrected chi connectivity index (χ1v) is 7.30. The molecular formula is C13H24N4S. The Kier molecular flexibility index (Phi) is 5.59. The van der Waals surface area contributed by atoms with Gasteiger partial charge >= 0.3 is 0 Å². The molecule has 0 aliphatic heterocycles. The van der Waals surface area contributed by atoms with Crippen LogP contribution >= 0.6 is 11.3 Å². The van der Waals surface area contributed by atoms with E-state index < -0.39 is 0 Å². The average Bonchev–Trinajstić information content (AvgIpc) is 2.74. The summed E-state index contributed by atoms with van der Waals surface area (Å²) < 4.78 is 0. The Bertz CT molecular complexity index is 390. The molecule has 0 aliphatic rings. The lowest BCUT2D eigenvalue weighted by atomic mass is 9.98. The van der Waals surface area contributed by atoms with E-state index in [-0.39, 0.29) is 5.41 Å². The van der Waals surface area contributed by atoms with Crippen LogP contribution < -0.4 is 11.1 Å². The van der Waals surface area contributed by atoms with Crippen molar-refractivity contribution in [3.8, 4) is 0 Å². The van der Waals surface area contributed by atoms with Crippen molar-refractivity contribution in [2.45, 2.75) is 46.0 Å². The van der Waals surface area contributed by atoms with Gasteiger partial charge in [-0.05, 0) is 6.42 Å². The van der Waals surface area contributed by atoms with Crippen LogP contribution in [-0.4, -0.2) is 24.0 Å². The fraction of sp³-hybridized carbons (Fsp3) is 0.692. The van der Waals surface area contributed by atoms with Gasteiger partial charge in [0.1, 0.15) is 0 Å². The molecule has 1 aromatic heterocycles. The zero-order valence-corrected chi connectivity index (χ0v) is 12.6. The van der Waals surface area contributed by atoms with Crippen molar-refractivity contribution in [3.05, 3.63) is 16.1 Å². The molecule has 0 aromatic carbocycles. The first-order valence-electron chi connectivity index (χ1n) is 6.42. The lowest BCUT2D eigenvalue weighted by Gasteiger charge is -2.13. The van der Waals surface area contributed by atoms with Gasteiger partial charge in [-0.25, -0.2) is 4.98 Å². The standard InChI is InChI=1S/C13H24N4S/c1-5-7-15-12(14)16-8-6-10-9-18-11(17-10)13(2,3)4/h9H,5-8H2,1-4H3,(H3,14,15,16). The number of aromatic nitrogens is 1. The summed E-state index contributed by atoms with van der Waals surface area (Å²) in [6.45, 7) is 10.2. The first kappa shape index (κ1) is 15.0. The van der Waals surface area contributed by atoms with Crippen LogP contribution in [0.5, 0.6) is 0 Å². The van der Waals surface area contributed by atoms with Crippen LogP contribution in [0.15, 0.2) is 10.4 Å². The van der Waals surface area contributed by atoms with Crippen molar-refractivity contribution in [1.82, 2.24) is 10.3 Å². The maximum absolute atomic E-state index is 5.72. The molecule has 0 amide bonds. The monoisotopic (exact) mass is 268 g/mol. The second kappa shape index (κ2) is 6.73. The predicted octanol–water partition coefficient (Wildman–Crippen LogP) is 2.30. The molecule has 0 spiro atoms. The molecule has 0 bridgehead atoms. The SMILES string of the molecule is CCCN=C(N)NCCc1csc(C(C)(C)C)n1. The minimum absolute atomic E-state index is 0.137. The van der Waals surface area contributed by atoms with Gasteiger partial charge in [-0.3, -0.25) is 4.99 Å². The van der Waals surface area contributed by atoms with E-state index in [1.165, 1.54) is 5.01 Å². The largest absolute Gasteiger partial charge is 0.370 e. The predicted molar refractivity (Wildman–Crippen MR) is 79.3 cm³/mol. The van der Waals surface area contributed by atoms with Crippen molar-refractivity contribution in [2.24, 2.45) is 10.7 Å². The minimum Gasteiger partial charge on any atom is -0.370 e. The van der Waals surface area contributed by atoms with Crippen LogP contribution in [0.1, 0.15) is 44.8 Å². The molecule has 1 rings (SSSR count). The van der Waals surface area contributed by atoms with Gasteiger partial charge in [-0.2, -0.15) is 0 Å². The summed E-state index contributed by atoms with van der Waals surface area (Å²) in [6, 6.07) is 0. The van der Waals surface area contributed by atoms with Crippen molar-refractivity contribution < 1.29 is 0 Å². The van der Waals surface area contributed by atoms with E-state index in [9.17, 15) is 0 Å². The molecule has 1 heterocycles. The Balaban J connectivity index is 2.38. The fourth-order valence-electron chi connectivity index (χ4n) is 1.37. The zero-order chi connectivity index (χ0) is 13.6. The lowest BCUT2D eigenvalue weighted by molar-refractivity contribution is 0.582. The van der Waals surface area contributed by atoms with Crippen molar-refractivity contribution >= 4 is 17.3 Å². The third-order valence-corrected chi connectivity index (χ3v) is 3.70. The van der Waals surface area contributed by atoms with Gasteiger partial charge in [0.15, 0.2) is 5.96 Å². The van der Waals surface area contributed by atoms with E-state index >= 15 is 0 Å². The quantitative estimate of drug-likeness (QED) is 0.636. The highest BCUT2D eigenvalue weighted by molar-refractivity contribution is 7.09. The van der Waals surface area contributed by atoms with E-state index in [1.54, 1.807) is 11.3 Å². The third-order valence-electron chi connectivity index (χ3n) is 2.39. The molecule has 3 N–H and O–H groups in total. The number of guanidine groups is 1. The Labute approximate surface area is 114 Å². The number of nitrogens with one attached hydrogen (secondary N) is 1. The number of aliphatic imine (C=N–C) groups is 1. The van der Waals surface area contributed by atoms with Crippen LogP contribution in [0.3, 0.4) is 0 Å². The van der Waals surface area contributed by atoms with Crippen molar-refractivity contribution in [2.75, 3.05) is 13.1 Å². The molecule has 102 valence electrons. The number of hydrogen-bond acceptors (Lipinski definition) is 3. The van der Waals surface area contributed by atoms with E-state index in [0.29, 0.717) is 5.96 Å².